The molecule has 0 fully saturated rings. The van der Waals surface area contributed by atoms with Crippen molar-refractivity contribution >= 4 is 11.9 Å². The number of hydrogen-bond acceptors (Lipinski definition) is 6. The van der Waals surface area contributed by atoms with E-state index in [9.17, 15) is 9.59 Å². The highest BCUT2D eigenvalue weighted by atomic mass is 16.5. The number of urea groups is 1. The van der Waals surface area contributed by atoms with Crippen molar-refractivity contribution in [2.24, 2.45) is 11.5 Å². The van der Waals surface area contributed by atoms with Gasteiger partial charge in [0.25, 0.3) is 5.91 Å². The van der Waals surface area contributed by atoms with E-state index in [-0.39, 0.29) is 5.75 Å². The maximum Gasteiger partial charge on any atom is 0.318 e. The Morgan fingerprint density at radius 3 is 2.15 bits per heavy atom. The summed E-state index contributed by atoms with van der Waals surface area (Å²) in [5.74, 6) is 0.310. The molecule has 0 heterocycles. The molecule has 0 radical (unpaired) electrons. The van der Waals surface area contributed by atoms with Crippen molar-refractivity contribution in [2.75, 3.05) is 20.8 Å². The third-order valence-corrected chi connectivity index (χ3v) is 2.37. The van der Waals surface area contributed by atoms with Crippen LogP contribution in [0.5, 0.6) is 17.2 Å². The number of hydrogen-bond donors (Lipinski definition) is 3. The Balaban J connectivity index is 2.92. The second kappa shape index (κ2) is 7.19. The third-order valence-electron chi connectivity index (χ3n) is 2.37. The molecule has 0 saturated carbocycles. The van der Waals surface area contributed by atoms with Crippen molar-refractivity contribution in [3.8, 4) is 17.2 Å². The van der Waals surface area contributed by atoms with Crippen LogP contribution >= 0.6 is 0 Å². The van der Waals surface area contributed by atoms with Gasteiger partial charge in [-0.3, -0.25) is 10.1 Å². The summed E-state index contributed by atoms with van der Waals surface area (Å²) in [4.78, 5) is 21.8. The standard InChI is InChI=1S/C12H17N3O5/c1-18-8-3-7(5-13)4-9(19-2)11(8)20-6-10(16)15-12(14)17/h3-4H,5-6,13H2,1-2H3,(H3,14,15,16,17). The Morgan fingerprint density at radius 1 is 1.20 bits per heavy atom. The molecular weight excluding hydrogens is 266 g/mol. The van der Waals surface area contributed by atoms with E-state index < -0.39 is 18.5 Å². The molecule has 20 heavy (non-hydrogen) atoms. The molecule has 0 aliphatic heterocycles. The molecule has 0 aromatic heterocycles. The number of ether oxygens (including phenoxy) is 3. The number of imide groups is 1. The molecule has 3 amide bonds. The summed E-state index contributed by atoms with van der Waals surface area (Å²) in [5.41, 5.74) is 11.2. The second-order valence-electron chi connectivity index (χ2n) is 3.73. The van der Waals surface area contributed by atoms with Gasteiger partial charge in [-0.25, -0.2) is 4.79 Å². The highest BCUT2D eigenvalue weighted by Gasteiger charge is 2.15. The fourth-order valence-corrected chi connectivity index (χ4v) is 1.51. The Hall–Kier alpha value is -2.48. The summed E-state index contributed by atoms with van der Waals surface area (Å²) in [6.07, 6.45) is 0. The lowest BCUT2D eigenvalue weighted by Crippen LogP contribution is -2.38. The van der Waals surface area contributed by atoms with Crippen LogP contribution in [-0.2, 0) is 11.3 Å². The monoisotopic (exact) mass is 283 g/mol. The zero-order valence-electron chi connectivity index (χ0n) is 11.3. The molecule has 0 saturated heterocycles. The molecule has 0 aliphatic carbocycles. The average Bonchev–Trinajstić information content (AvgIpc) is 2.43. The molecular formula is C12H17N3O5. The van der Waals surface area contributed by atoms with E-state index in [1.807, 2.05) is 5.32 Å². The number of nitrogens with one attached hydrogen (secondary N) is 1. The van der Waals surface area contributed by atoms with Gasteiger partial charge in [-0.05, 0) is 17.7 Å². The molecule has 0 bridgehead atoms. The van der Waals surface area contributed by atoms with Gasteiger partial charge >= 0.3 is 6.03 Å². The van der Waals surface area contributed by atoms with Gasteiger partial charge in [0.1, 0.15) is 0 Å². The number of carbonyl (C=O) groups excluding carboxylic acids is 2. The molecule has 8 nitrogen and oxygen atoms in total. The maximum atomic E-state index is 11.3. The minimum atomic E-state index is -0.948. The molecule has 1 rings (SSSR count). The fourth-order valence-electron chi connectivity index (χ4n) is 1.51. The first kappa shape index (κ1) is 15.6. The SMILES string of the molecule is COc1cc(CN)cc(OC)c1OCC(=O)NC(N)=O. The van der Waals surface area contributed by atoms with E-state index in [1.54, 1.807) is 12.1 Å². The van der Waals surface area contributed by atoms with Crippen molar-refractivity contribution in [1.29, 1.82) is 0 Å². The van der Waals surface area contributed by atoms with Gasteiger partial charge in [0, 0.05) is 6.54 Å². The fraction of sp³-hybridized carbons (Fsp3) is 0.333. The van der Waals surface area contributed by atoms with E-state index >= 15 is 0 Å². The van der Waals surface area contributed by atoms with E-state index in [1.165, 1.54) is 14.2 Å². The summed E-state index contributed by atoms with van der Waals surface area (Å²) in [5, 5.41) is 1.88. The van der Waals surface area contributed by atoms with Gasteiger partial charge in [-0.1, -0.05) is 0 Å². The summed E-state index contributed by atoms with van der Waals surface area (Å²) in [6, 6.07) is 2.39. The lowest BCUT2D eigenvalue weighted by atomic mass is 10.2. The smallest absolute Gasteiger partial charge is 0.318 e. The second-order valence-corrected chi connectivity index (χ2v) is 3.73. The molecule has 1 aromatic carbocycles. The normalized spacial score (nSPS) is 9.75. The molecule has 0 aliphatic rings. The van der Waals surface area contributed by atoms with Gasteiger partial charge in [0.15, 0.2) is 18.1 Å². The predicted molar refractivity (Wildman–Crippen MR) is 70.7 cm³/mol. The Morgan fingerprint density at radius 2 is 1.75 bits per heavy atom. The van der Waals surface area contributed by atoms with E-state index in [0.29, 0.717) is 18.0 Å². The summed E-state index contributed by atoms with van der Waals surface area (Å²) < 4.78 is 15.6. The van der Waals surface area contributed by atoms with Crippen molar-refractivity contribution in [3.63, 3.8) is 0 Å². The van der Waals surface area contributed by atoms with Crippen LogP contribution in [0.25, 0.3) is 0 Å². The number of methoxy groups -OCH3 is 2. The summed E-state index contributed by atoms with van der Waals surface area (Å²) in [6.45, 7) is -0.104. The topological polar surface area (TPSA) is 126 Å². The van der Waals surface area contributed by atoms with Crippen LogP contribution in [0.4, 0.5) is 4.79 Å². The van der Waals surface area contributed by atoms with Crippen LogP contribution in [0.15, 0.2) is 12.1 Å². The molecule has 1 aromatic rings. The van der Waals surface area contributed by atoms with Crippen molar-refractivity contribution in [3.05, 3.63) is 17.7 Å². The zero-order chi connectivity index (χ0) is 15.1. The molecule has 0 spiro atoms. The lowest BCUT2D eigenvalue weighted by molar-refractivity contribution is -0.121. The number of rotatable bonds is 6. The molecule has 8 heteroatoms. The minimum Gasteiger partial charge on any atom is -0.493 e. The van der Waals surface area contributed by atoms with Crippen LogP contribution in [0, 0.1) is 0 Å². The van der Waals surface area contributed by atoms with Crippen LogP contribution in [0.2, 0.25) is 0 Å². The number of amides is 3. The van der Waals surface area contributed by atoms with Crippen molar-refractivity contribution < 1.29 is 23.8 Å². The van der Waals surface area contributed by atoms with E-state index in [2.05, 4.69) is 0 Å². The maximum absolute atomic E-state index is 11.3. The van der Waals surface area contributed by atoms with Gasteiger partial charge in [-0.2, -0.15) is 0 Å². The van der Waals surface area contributed by atoms with Gasteiger partial charge in [0.05, 0.1) is 14.2 Å². The summed E-state index contributed by atoms with van der Waals surface area (Å²) in [7, 11) is 2.90. The Labute approximate surface area is 116 Å². The van der Waals surface area contributed by atoms with Crippen molar-refractivity contribution in [1.82, 2.24) is 5.32 Å². The van der Waals surface area contributed by atoms with Gasteiger partial charge < -0.3 is 25.7 Å². The van der Waals surface area contributed by atoms with Crippen LogP contribution in [-0.4, -0.2) is 32.8 Å². The number of primary amides is 1. The predicted octanol–water partition coefficient (Wildman–Crippen LogP) is -0.264. The molecule has 110 valence electrons. The van der Waals surface area contributed by atoms with E-state index in [4.69, 9.17) is 25.7 Å². The number of carbonyl (C=O) groups is 2. The van der Waals surface area contributed by atoms with Gasteiger partial charge in [0.2, 0.25) is 5.75 Å². The van der Waals surface area contributed by atoms with Crippen LogP contribution in [0.3, 0.4) is 0 Å². The van der Waals surface area contributed by atoms with Gasteiger partial charge in [-0.15, -0.1) is 0 Å². The molecule has 0 atom stereocenters. The number of nitrogens with two attached hydrogens (primary N) is 2. The zero-order valence-corrected chi connectivity index (χ0v) is 11.3. The largest absolute Gasteiger partial charge is 0.493 e. The lowest BCUT2D eigenvalue weighted by Gasteiger charge is -2.15. The average molecular weight is 283 g/mol. The first-order chi connectivity index (χ1) is 9.51. The quantitative estimate of drug-likeness (QED) is 0.660. The number of benzene rings is 1. The first-order valence-electron chi connectivity index (χ1n) is 5.68. The highest BCUT2D eigenvalue weighted by molar-refractivity contribution is 5.94. The summed E-state index contributed by atoms with van der Waals surface area (Å²) >= 11 is 0. The molecule has 5 N–H and O–H groups in total. The first-order valence-corrected chi connectivity index (χ1v) is 5.68. The van der Waals surface area contributed by atoms with E-state index in [0.717, 1.165) is 5.56 Å². The third kappa shape index (κ3) is 4.02. The minimum absolute atomic E-state index is 0.242. The highest BCUT2D eigenvalue weighted by Crippen LogP contribution is 2.38. The van der Waals surface area contributed by atoms with Crippen LogP contribution in [0.1, 0.15) is 5.56 Å². The molecule has 0 unspecified atom stereocenters. The Bertz CT molecular complexity index is 479. The van der Waals surface area contributed by atoms with Crippen molar-refractivity contribution in [2.45, 2.75) is 6.54 Å². The van der Waals surface area contributed by atoms with Crippen LogP contribution < -0.4 is 31.0 Å². The Kier molecular flexibility index (Phi) is 5.60.